The number of amides is 1. The molecule has 0 bridgehead atoms. The van der Waals surface area contributed by atoms with Crippen molar-refractivity contribution in [3.8, 4) is 0 Å². The van der Waals surface area contributed by atoms with Crippen LogP contribution < -0.4 is 0 Å². The summed E-state index contributed by atoms with van der Waals surface area (Å²) in [7, 11) is 0. The molecular formula is C21H23NOS. The number of hydrogen-bond donors (Lipinski definition) is 0. The Balaban J connectivity index is 1.82. The Morgan fingerprint density at radius 2 is 1.75 bits per heavy atom. The smallest absolute Gasteiger partial charge is 0.209 e. The Labute approximate surface area is 148 Å². The van der Waals surface area contributed by atoms with Crippen molar-refractivity contribution in [2.45, 2.75) is 36.5 Å². The number of hydrogen-bond acceptors (Lipinski definition) is 2. The lowest BCUT2D eigenvalue weighted by Gasteiger charge is -2.24. The summed E-state index contributed by atoms with van der Waals surface area (Å²) in [5, 5.41) is 0. The van der Waals surface area contributed by atoms with Crippen molar-refractivity contribution >= 4 is 24.2 Å². The minimum Gasteiger partial charge on any atom is -0.345 e. The van der Waals surface area contributed by atoms with Gasteiger partial charge in [0.1, 0.15) is 0 Å². The van der Waals surface area contributed by atoms with Crippen LogP contribution >= 0.6 is 11.8 Å². The van der Waals surface area contributed by atoms with Crippen LogP contribution in [-0.4, -0.2) is 24.4 Å². The third-order valence-electron chi connectivity index (χ3n) is 4.42. The maximum Gasteiger partial charge on any atom is 0.209 e. The summed E-state index contributed by atoms with van der Waals surface area (Å²) >= 11 is 1.83. The van der Waals surface area contributed by atoms with Gasteiger partial charge in [0.05, 0.1) is 0 Å². The van der Waals surface area contributed by atoms with Gasteiger partial charge in [-0.1, -0.05) is 59.3 Å². The molecule has 0 aliphatic carbocycles. The zero-order valence-electron chi connectivity index (χ0n) is 14.3. The lowest BCUT2D eigenvalue weighted by Crippen LogP contribution is -2.29. The van der Waals surface area contributed by atoms with Crippen LogP contribution in [0.15, 0.2) is 57.8 Å². The van der Waals surface area contributed by atoms with Crippen molar-refractivity contribution in [2.75, 3.05) is 13.1 Å². The number of carbonyl (C=O) groups is 1. The van der Waals surface area contributed by atoms with Gasteiger partial charge in [0.2, 0.25) is 6.41 Å². The summed E-state index contributed by atoms with van der Waals surface area (Å²) in [6.45, 7) is 5.97. The zero-order valence-corrected chi connectivity index (χ0v) is 15.1. The number of piperidine rings is 1. The Kier molecular flexibility index (Phi) is 5.41. The van der Waals surface area contributed by atoms with E-state index in [9.17, 15) is 4.79 Å². The van der Waals surface area contributed by atoms with Crippen LogP contribution in [-0.2, 0) is 4.79 Å². The highest BCUT2D eigenvalue weighted by Gasteiger charge is 2.12. The second-order valence-corrected chi connectivity index (χ2v) is 7.44. The molecule has 0 saturated carbocycles. The van der Waals surface area contributed by atoms with E-state index in [1.165, 1.54) is 32.1 Å². The molecule has 0 unspecified atom stereocenters. The van der Waals surface area contributed by atoms with Gasteiger partial charge in [-0.15, -0.1) is 0 Å². The van der Waals surface area contributed by atoms with Crippen LogP contribution in [0.25, 0.3) is 6.08 Å². The minimum absolute atomic E-state index is 0.835. The predicted octanol–water partition coefficient (Wildman–Crippen LogP) is 5.09. The van der Waals surface area contributed by atoms with Gasteiger partial charge in [0.15, 0.2) is 0 Å². The first-order valence-electron chi connectivity index (χ1n) is 8.38. The minimum atomic E-state index is 0.835. The van der Waals surface area contributed by atoms with E-state index < -0.39 is 0 Å². The molecule has 0 aromatic heterocycles. The largest absolute Gasteiger partial charge is 0.345 e. The monoisotopic (exact) mass is 337 g/mol. The van der Waals surface area contributed by atoms with Crippen LogP contribution in [0.3, 0.4) is 0 Å². The van der Waals surface area contributed by atoms with Crippen molar-refractivity contribution in [1.82, 2.24) is 4.90 Å². The number of nitrogens with zero attached hydrogens (tertiary/aromatic N) is 1. The van der Waals surface area contributed by atoms with E-state index in [2.05, 4.69) is 62.4 Å². The van der Waals surface area contributed by atoms with Crippen molar-refractivity contribution in [3.63, 3.8) is 0 Å². The van der Waals surface area contributed by atoms with Crippen molar-refractivity contribution in [1.29, 1.82) is 0 Å². The molecule has 2 nitrogen and oxygen atoms in total. The highest BCUT2D eigenvalue weighted by Crippen LogP contribution is 2.34. The summed E-state index contributed by atoms with van der Waals surface area (Å²) in [5.74, 6) is 0. The lowest BCUT2D eigenvalue weighted by atomic mass is 10.0. The van der Waals surface area contributed by atoms with E-state index >= 15 is 0 Å². The first-order chi connectivity index (χ1) is 11.7. The molecule has 1 aliphatic heterocycles. The molecule has 1 heterocycles. The molecular weight excluding hydrogens is 314 g/mol. The predicted molar refractivity (Wildman–Crippen MR) is 101 cm³/mol. The van der Waals surface area contributed by atoms with Crippen LogP contribution in [0.1, 0.15) is 29.5 Å². The molecule has 0 spiro atoms. The van der Waals surface area contributed by atoms with E-state index in [0.717, 1.165) is 32.3 Å². The summed E-state index contributed by atoms with van der Waals surface area (Å²) in [6.07, 6.45) is 5.22. The number of aryl methyl sites for hydroxylation is 2. The first kappa shape index (κ1) is 16.8. The average Bonchev–Trinajstić information content (AvgIpc) is 2.59. The molecule has 0 radical (unpaired) electrons. The summed E-state index contributed by atoms with van der Waals surface area (Å²) in [6, 6.07) is 15.2. The Bertz CT molecular complexity index is 756. The second-order valence-electron chi connectivity index (χ2n) is 6.35. The standard InChI is InChI=1S/C21H23NOS/c1-16-7-8-20(17(2)13-16)24-21-6-4-3-5-19(21)14-18-9-11-22(15-23)12-10-18/h3-8,13-15H,9-12H2,1-2H3. The van der Waals surface area contributed by atoms with Gasteiger partial charge in [0.25, 0.3) is 0 Å². The van der Waals surface area contributed by atoms with Gasteiger partial charge in [-0.25, -0.2) is 0 Å². The van der Waals surface area contributed by atoms with Crippen molar-refractivity contribution in [2.24, 2.45) is 0 Å². The molecule has 2 aromatic rings. The highest BCUT2D eigenvalue weighted by molar-refractivity contribution is 7.99. The summed E-state index contributed by atoms with van der Waals surface area (Å²) < 4.78 is 0. The van der Waals surface area contributed by atoms with Crippen LogP contribution in [0.2, 0.25) is 0 Å². The third-order valence-corrected chi connectivity index (χ3v) is 5.69. The molecule has 1 aliphatic rings. The molecule has 3 rings (SSSR count). The first-order valence-corrected chi connectivity index (χ1v) is 9.20. The SMILES string of the molecule is Cc1ccc(Sc2ccccc2C=C2CCN(C=O)CC2)c(C)c1. The van der Waals surface area contributed by atoms with Crippen molar-refractivity contribution in [3.05, 3.63) is 64.7 Å². The summed E-state index contributed by atoms with van der Waals surface area (Å²) in [5.41, 5.74) is 5.33. The quantitative estimate of drug-likeness (QED) is 0.724. The number of carbonyl (C=O) groups excluding carboxylic acids is 1. The maximum atomic E-state index is 10.8. The third kappa shape index (κ3) is 4.09. The average molecular weight is 337 g/mol. The van der Waals surface area contributed by atoms with E-state index in [0.29, 0.717) is 0 Å². The number of rotatable bonds is 4. The maximum absolute atomic E-state index is 10.8. The van der Waals surface area contributed by atoms with E-state index in [1.807, 2.05) is 16.7 Å². The molecule has 3 heteroatoms. The topological polar surface area (TPSA) is 20.3 Å². The highest BCUT2D eigenvalue weighted by atomic mass is 32.2. The normalized spacial score (nSPS) is 14.6. The number of benzene rings is 2. The molecule has 1 saturated heterocycles. The Morgan fingerprint density at radius 3 is 2.46 bits per heavy atom. The molecule has 24 heavy (non-hydrogen) atoms. The van der Waals surface area contributed by atoms with Gasteiger partial charge >= 0.3 is 0 Å². The van der Waals surface area contributed by atoms with Gasteiger partial charge in [0, 0.05) is 22.9 Å². The van der Waals surface area contributed by atoms with Crippen molar-refractivity contribution < 1.29 is 4.79 Å². The number of likely N-dealkylation sites (tertiary alicyclic amines) is 1. The molecule has 0 atom stereocenters. The van der Waals surface area contributed by atoms with Crippen LogP contribution in [0.5, 0.6) is 0 Å². The fraction of sp³-hybridized carbons (Fsp3) is 0.286. The van der Waals surface area contributed by atoms with Crippen LogP contribution in [0.4, 0.5) is 0 Å². The van der Waals surface area contributed by atoms with E-state index in [1.54, 1.807) is 0 Å². The second kappa shape index (κ2) is 7.71. The Morgan fingerprint density at radius 1 is 1.00 bits per heavy atom. The fourth-order valence-corrected chi connectivity index (χ4v) is 3.99. The van der Waals surface area contributed by atoms with Gasteiger partial charge in [-0.3, -0.25) is 4.79 Å². The lowest BCUT2D eigenvalue weighted by molar-refractivity contribution is -0.118. The van der Waals surface area contributed by atoms with Gasteiger partial charge < -0.3 is 4.90 Å². The van der Waals surface area contributed by atoms with E-state index in [4.69, 9.17) is 0 Å². The Hall–Kier alpha value is -2.00. The van der Waals surface area contributed by atoms with E-state index in [-0.39, 0.29) is 0 Å². The van der Waals surface area contributed by atoms with Crippen LogP contribution in [0, 0.1) is 13.8 Å². The fourth-order valence-electron chi connectivity index (χ4n) is 3.01. The molecule has 124 valence electrons. The van der Waals surface area contributed by atoms with Gasteiger partial charge in [-0.05, 0) is 49.9 Å². The summed E-state index contributed by atoms with van der Waals surface area (Å²) in [4.78, 5) is 15.3. The molecule has 1 amide bonds. The molecule has 0 N–H and O–H groups in total. The van der Waals surface area contributed by atoms with Gasteiger partial charge in [-0.2, -0.15) is 0 Å². The molecule has 1 fully saturated rings. The molecule has 2 aromatic carbocycles. The zero-order chi connectivity index (χ0) is 16.9.